The maximum Gasteiger partial charge on any atom is 0.339 e. The van der Waals surface area contributed by atoms with Crippen LogP contribution in [0.5, 0.6) is 0 Å². The van der Waals surface area contributed by atoms with E-state index in [2.05, 4.69) is 0 Å². The van der Waals surface area contributed by atoms with Gasteiger partial charge in [-0.25, -0.2) is 4.79 Å². The minimum absolute atomic E-state index is 0.256. The molecule has 6 nitrogen and oxygen atoms in total. The number of nitrogens with zero attached hydrogens (tertiary/aromatic N) is 2. The van der Waals surface area contributed by atoms with Crippen LogP contribution in [0.4, 0.5) is 0 Å². The van der Waals surface area contributed by atoms with Crippen LogP contribution < -0.4 is 5.56 Å². The number of ether oxygens (including phenoxy) is 1. The summed E-state index contributed by atoms with van der Waals surface area (Å²) in [6.45, 7) is 7.43. The largest absolute Gasteiger partial charge is 0.479 e. The van der Waals surface area contributed by atoms with Crippen molar-refractivity contribution in [3.63, 3.8) is 0 Å². The molecule has 1 unspecified atom stereocenters. The molecule has 0 aliphatic rings. The summed E-state index contributed by atoms with van der Waals surface area (Å²) in [5.41, 5.74) is 3.44. The summed E-state index contributed by atoms with van der Waals surface area (Å²) in [7, 11) is 3.49. The highest BCUT2D eigenvalue weighted by atomic mass is 16.5. The molecule has 2 aromatic carbocycles. The number of fused-ring (bicyclic) bond motifs is 3. The summed E-state index contributed by atoms with van der Waals surface area (Å²) in [4.78, 5) is 26.0. The average Bonchev–Trinajstić information content (AvgIpc) is 3.02. The fourth-order valence-corrected chi connectivity index (χ4v) is 4.36. The molecule has 4 aromatic rings. The number of carboxylic acids is 1. The third-order valence-electron chi connectivity index (χ3n) is 5.77. The van der Waals surface area contributed by atoms with Gasteiger partial charge in [0.05, 0.1) is 11.3 Å². The van der Waals surface area contributed by atoms with E-state index in [0.717, 1.165) is 27.4 Å². The second kappa shape index (κ2) is 7.64. The number of pyridine rings is 1. The van der Waals surface area contributed by atoms with Gasteiger partial charge in [0, 0.05) is 35.9 Å². The lowest BCUT2D eigenvalue weighted by Crippen LogP contribution is -2.33. The van der Waals surface area contributed by atoms with Crippen molar-refractivity contribution in [2.24, 2.45) is 14.1 Å². The van der Waals surface area contributed by atoms with Crippen LogP contribution in [0.2, 0.25) is 0 Å². The van der Waals surface area contributed by atoms with Crippen molar-refractivity contribution in [3.8, 4) is 11.1 Å². The smallest absolute Gasteiger partial charge is 0.339 e. The fourth-order valence-electron chi connectivity index (χ4n) is 4.36. The zero-order valence-electron chi connectivity index (χ0n) is 19.3. The normalized spacial score (nSPS) is 13.1. The molecule has 1 atom stereocenters. The zero-order valence-corrected chi connectivity index (χ0v) is 19.3. The summed E-state index contributed by atoms with van der Waals surface area (Å²) in [5, 5.41) is 11.8. The maximum atomic E-state index is 13.6. The van der Waals surface area contributed by atoms with E-state index in [0.29, 0.717) is 16.8 Å². The second-order valence-corrected chi connectivity index (χ2v) is 9.24. The Morgan fingerprint density at radius 3 is 2.22 bits per heavy atom. The third-order valence-corrected chi connectivity index (χ3v) is 5.77. The van der Waals surface area contributed by atoms with Crippen molar-refractivity contribution in [2.75, 3.05) is 0 Å². The van der Waals surface area contributed by atoms with E-state index in [1.54, 1.807) is 7.05 Å². The van der Waals surface area contributed by atoms with Crippen LogP contribution in [0.25, 0.3) is 32.9 Å². The molecule has 0 saturated carbocycles. The van der Waals surface area contributed by atoms with Crippen LogP contribution in [0, 0.1) is 6.92 Å². The van der Waals surface area contributed by atoms with Crippen molar-refractivity contribution >= 4 is 27.8 Å². The Labute approximate surface area is 186 Å². The number of aliphatic carboxylic acids is 1. The molecule has 0 aliphatic carbocycles. The van der Waals surface area contributed by atoms with Crippen LogP contribution in [-0.2, 0) is 23.6 Å². The number of hydrogen-bond donors (Lipinski definition) is 1. The lowest BCUT2D eigenvalue weighted by molar-refractivity contribution is -0.161. The molecule has 166 valence electrons. The fraction of sp³-hybridized carbons (Fsp3) is 0.308. The molecule has 2 aromatic heterocycles. The summed E-state index contributed by atoms with van der Waals surface area (Å²) >= 11 is 0. The number of carbonyl (C=O) groups is 1. The molecular formula is C26H28N2O4. The Hall–Kier alpha value is -3.38. The van der Waals surface area contributed by atoms with Gasteiger partial charge in [0.15, 0.2) is 6.10 Å². The molecule has 0 saturated heterocycles. The van der Waals surface area contributed by atoms with Gasteiger partial charge in [-0.1, -0.05) is 48.0 Å². The molecule has 1 N–H and O–H groups in total. The standard InChI is InChI=1S/C26H28N2O4/c1-15-11-13-16(14-12-15)19-20-17-9-7-8-10-18(17)27(5)22(20)24(29)28(6)21(19)23(25(30)31)32-26(2,3)4/h7-14,23H,1-6H3,(H,30,31). The predicted molar refractivity (Wildman–Crippen MR) is 127 cm³/mol. The predicted octanol–water partition coefficient (Wildman–Crippen LogP) is 4.95. The highest BCUT2D eigenvalue weighted by Gasteiger charge is 2.34. The second-order valence-electron chi connectivity index (χ2n) is 9.24. The Morgan fingerprint density at radius 2 is 1.62 bits per heavy atom. The molecule has 0 radical (unpaired) electrons. The summed E-state index contributed by atoms with van der Waals surface area (Å²) in [6, 6.07) is 15.7. The Morgan fingerprint density at radius 1 is 1.00 bits per heavy atom. The lowest BCUT2D eigenvalue weighted by atomic mass is 9.94. The number of hydrogen-bond acceptors (Lipinski definition) is 3. The van der Waals surface area contributed by atoms with E-state index in [9.17, 15) is 14.7 Å². The van der Waals surface area contributed by atoms with Crippen LogP contribution in [0.15, 0.2) is 53.3 Å². The molecule has 0 fully saturated rings. The van der Waals surface area contributed by atoms with Gasteiger partial charge in [-0.2, -0.15) is 0 Å². The van der Waals surface area contributed by atoms with Crippen molar-refractivity contribution in [2.45, 2.75) is 39.4 Å². The summed E-state index contributed by atoms with van der Waals surface area (Å²) < 4.78 is 9.32. The SMILES string of the molecule is Cc1ccc(-c2c(C(OC(C)(C)C)C(=O)O)n(C)c(=O)c3c2c2ccccc2n3C)cc1. The van der Waals surface area contributed by atoms with Crippen molar-refractivity contribution in [3.05, 3.63) is 70.1 Å². The van der Waals surface area contributed by atoms with E-state index >= 15 is 0 Å². The summed E-state index contributed by atoms with van der Waals surface area (Å²) in [5.74, 6) is -1.14. The van der Waals surface area contributed by atoms with Gasteiger partial charge in [-0.3, -0.25) is 4.79 Å². The van der Waals surface area contributed by atoms with Crippen LogP contribution in [0.1, 0.15) is 38.1 Å². The van der Waals surface area contributed by atoms with E-state index in [-0.39, 0.29) is 5.56 Å². The first kappa shape index (κ1) is 21.8. The monoisotopic (exact) mass is 432 g/mol. The van der Waals surface area contributed by atoms with Gasteiger partial charge in [0.2, 0.25) is 0 Å². The number of rotatable bonds is 4. The molecule has 32 heavy (non-hydrogen) atoms. The molecule has 2 heterocycles. The van der Waals surface area contributed by atoms with E-state index in [4.69, 9.17) is 4.74 Å². The van der Waals surface area contributed by atoms with Gasteiger partial charge in [0.1, 0.15) is 5.52 Å². The number of aryl methyl sites for hydroxylation is 2. The van der Waals surface area contributed by atoms with Crippen LogP contribution >= 0.6 is 0 Å². The van der Waals surface area contributed by atoms with Crippen molar-refractivity contribution < 1.29 is 14.6 Å². The van der Waals surface area contributed by atoms with Crippen molar-refractivity contribution in [1.29, 1.82) is 0 Å². The topological polar surface area (TPSA) is 73.5 Å². The van der Waals surface area contributed by atoms with Gasteiger partial charge in [-0.15, -0.1) is 0 Å². The van der Waals surface area contributed by atoms with E-state index in [1.165, 1.54) is 4.57 Å². The van der Waals surface area contributed by atoms with E-state index < -0.39 is 17.7 Å². The maximum absolute atomic E-state index is 13.6. The molecule has 0 bridgehead atoms. The first-order chi connectivity index (χ1) is 15.0. The van der Waals surface area contributed by atoms with Gasteiger partial charge >= 0.3 is 5.97 Å². The zero-order chi connectivity index (χ0) is 23.4. The lowest BCUT2D eigenvalue weighted by Gasteiger charge is -2.28. The molecule has 0 aliphatic heterocycles. The minimum atomic E-state index is -1.31. The number of para-hydroxylation sites is 1. The highest BCUT2D eigenvalue weighted by molar-refractivity contribution is 6.15. The Kier molecular flexibility index (Phi) is 5.21. The first-order valence-corrected chi connectivity index (χ1v) is 10.6. The van der Waals surface area contributed by atoms with E-state index in [1.807, 2.05) is 87.8 Å². The van der Waals surface area contributed by atoms with Gasteiger partial charge in [0.25, 0.3) is 5.56 Å². The highest BCUT2D eigenvalue weighted by Crippen LogP contribution is 2.40. The van der Waals surface area contributed by atoms with Crippen molar-refractivity contribution in [1.82, 2.24) is 9.13 Å². The number of benzene rings is 2. The number of aromatic nitrogens is 2. The summed E-state index contributed by atoms with van der Waals surface area (Å²) in [6.07, 6.45) is -1.31. The minimum Gasteiger partial charge on any atom is -0.479 e. The molecule has 4 rings (SSSR count). The molecular weight excluding hydrogens is 404 g/mol. The molecule has 6 heteroatoms. The van der Waals surface area contributed by atoms with Crippen LogP contribution in [0.3, 0.4) is 0 Å². The quantitative estimate of drug-likeness (QED) is 0.495. The average molecular weight is 433 g/mol. The number of carboxylic acid groups (broad SMARTS) is 1. The molecule has 0 spiro atoms. The van der Waals surface area contributed by atoms with Gasteiger partial charge < -0.3 is 19.0 Å². The Bertz CT molecular complexity index is 1400. The first-order valence-electron chi connectivity index (χ1n) is 10.6. The van der Waals surface area contributed by atoms with Gasteiger partial charge in [-0.05, 0) is 39.3 Å². The Balaban J connectivity index is 2.26. The van der Waals surface area contributed by atoms with Crippen LogP contribution in [-0.4, -0.2) is 25.8 Å². The third kappa shape index (κ3) is 3.50. The molecule has 0 amide bonds.